The van der Waals surface area contributed by atoms with Gasteiger partial charge in [-0.15, -0.1) is 0 Å². The molecule has 0 radical (unpaired) electrons. The average Bonchev–Trinajstić information content (AvgIpc) is 2.46. The van der Waals surface area contributed by atoms with Crippen LogP contribution in [0.5, 0.6) is 0 Å². The third kappa shape index (κ3) is 4.43. The summed E-state index contributed by atoms with van der Waals surface area (Å²) in [6.45, 7) is 5.97. The van der Waals surface area contributed by atoms with E-state index in [1.54, 1.807) is 6.07 Å². The van der Waals surface area contributed by atoms with Crippen LogP contribution in [-0.4, -0.2) is 24.2 Å². The highest BCUT2D eigenvalue weighted by Crippen LogP contribution is 2.22. The van der Waals surface area contributed by atoms with E-state index in [1.807, 2.05) is 12.1 Å². The van der Waals surface area contributed by atoms with Crippen LogP contribution in [0.2, 0.25) is 0 Å². The van der Waals surface area contributed by atoms with Crippen LogP contribution in [-0.2, 0) is 4.79 Å². The Bertz CT molecular complexity index is 530. The van der Waals surface area contributed by atoms with Gasteiger partial charge in [-0.05, 0) is 37.1 Å². The third-order valence-electron chi connectivity index (χ3n) is 3.06. The Morgan fingerprint density at radius 3 is 2.75 bits per heavy atom. The number of carboxylic acid groups (broad SMARTS) is 1. The Kier molecular flexibility index (Phi) is 6.31. The predicted octanol–water partition coefficient (Wildman–Crippen LogP) is 3.28. The maximum Gasteiger partial charge on any atom is 0.328 e. The summed E-state index contributed by atoms with van der Waals surface area (Å²) in [7, 11) is 0. The molecule has 0 saturated heterocycles. The molecule has 0 aliphatic carbocycles. The minimum absolute atomic E-state index is 0.579. The summed E-state index contributed by atoms with van der Waals surface area (Å²) in [6, 6.07) is 7.64. The molecule has 0 atom stereocenters. The summed E-state index contributed by atoms with van der Waals surface area (Å²) in [6.07, 6.45) is 4.76. The zero-order valence-corrected chi connectivity index (χ0v) is 12.0. The van der Waals surface area contributed by atoms with E-state index >= 15 is 0 Å². The highest BCUT2D eigenvalue weighted by Gasteiger charge is 2.09. The molecule has 0 saturated carbocycles. The van der Waals surface area contributed by atoms with Gasteiger partial charge in [0.05, 0.1) is 11.3 Å². The maximum atomic E-state index is 10.5. The van der Waals surface area contributed by atoms with Crippen molar-refractivity contribution in [1.82, 2.24) is 0 Å². The molecule has 1 N–H and O–H groups in total. The molecule has 0 heterocycles. The Balaban J connectivity index is 3.03. The van der Waals surface area contributed by atoms with Crippen molar-refractivity contribution in [3.8, 4) is 6.07 Å². The maximum absolute atomic E-state index is 10.5. The van der Waals surface area contributed by atoms with Gasteiger partial charge in [0.25, 0.3) is 0 Å². The van der Waals surface area contributed by atoms with Gasteiger partial charge in [-0.1, -0.05) is 19.4 Å². The predicted molar refractivity (Wildman–Crippen MR) is 80.6 cm³/mol. The van der Waals surface area contributed by atoms with E-state index in [0.29, 0.717) is 5.56 Å². The smallest absolute Gasteiger partial charge is 0.328 e. The van der Waals surface area contributed by atoms with Gasteiger partial charge in [0, 0.05) is 19.2 Å². The molecular formula is C16H20N2O2. The van der Waals surface area contributed by atoms with Crippen molar-refractivity contribution in [2.45, 2.75) is 26.7 Å². The topological polar surface area (TPSA) is 64.3 Å². The number of benzene rings is 1. The number of carboxylic acids is 1. The lowest BCUT2D eigenvalue weighted by Gasteiger charge is -2.24. The van der Waals surface area contributed by atoms with Crippen molar-refractivity contribution in [3.63, 3.8) is 0 Å². The second-order valence-corrected chi connectivity index (χ2v) is 4.49. The number of nitrogens with zero attached hydrogens (tertiary/aromatic N) is 2. The number of hydrogen-bond donors (Lipinski definition) is 1. The molecule has 20 heavy (non-hydrogen) atoms. The standard InChI is InChI=1S/C16H20N2O2/c1-3-5-10-18(4-2)15-8-6-13(7-9-16(19)20)11-14(15)12-17/h6-9,11H,3-5,10H2,1-2H3,(H,19,20)/b9-7+. The number of aliphatic carboxylic acids is 1. The van der Waals surface area contributed by atoms with E-state index < -0.39 is 5.97 Å². The van der Waals surface area contributed by atoms with Crippen molar-refractivity contribution in [1.29, 1.82) is 5.26 Å². The van der Waals surface area contributed by atoms with Crippen molar-refractivity contribution >= 4 is 17.7 Å². The lowest BCUT2D eigenvalue weighted by Crippen LogP contribution is -2.24. The average molecular weight is 272 g/mol. The highest BCUT2D eigenvalue weighted by atomic mass is 16.4. The number of nitriles is 1. The van der Waals surface area contributed by atoms with Gasteiger partial charge < -0.3 is 10.0 Å². The summed E-state index contributed by atoms with van der Waals surface area (Å²) in [5, 5.41) is 17.9. The molecule has 0 amide bonds. The number of hydrogen-bond acceptors (Lipinski definition) is 3. The van der Waals surface area contributed by atoms with Crippen LogP contribution >= 0.6 is 0 Å². The first-order valence-corrected chi connectivity index (χ1v) is 6.82. The first-order valence-electron chi connectivity index (χ1n) is 6.82. The Hall–Kier alpha value is -2.28. The quantitative estimate of drug-likeness (QED) is 0.774. The molecule has 0 unspecified atom stereocenters. The van der Waals surface area contributed by atoms with E-state index in [4.69, 9.17) is 5.11 Å². The second-order valence-electron chi connectivity index (χ2n) is 4.49. The summed E-state index contributed by atoms with van der Waals surface area (Å²) in [4.78, 5) is 12.7. The lowest BCUT2D eigenvalue weighted by atomic mass is 10.1. The molecule has 106 valence electrons. The molecule has 1 rings (SSSR count). The van der Waals surface area contributed by atoms with Crippen molar-refractivity contribution in [3.05, 3.63) is 35.4 Å². The molecule has 0 bridgehead atoms. The van der Waals surface area contributed by atoms with Gasteiger partial charge in [0.1, 0.15) is 6.07 Å². The Labute approximate surface area is 119 Å². The fourth-order valence-corrected chi connectivity index (χ4v) is 1.99. The summed E-state index contributed by atoms with van der Waals surface area (Å²) < 4.78 is 0. The number of unbranched alkanes of at least 4 members (excludes halogenated alkanes) is 1. The van der Waals surface area contributed by atoms with Gasteiger partial charge in [0.2, 0.25) is 0 Å². The summed E-state index contributed by atoms with van der Waals surface area (Å²) in [5.41, 5.74) is 2.21. The van der Waals surface area contributed by atoms with E-state index in [2.05, 4.69) is 24.8 Å². The Morgan fingerprint density at radius 1 is 1.45 bits per heavy atom. The van der Waals surface area contributed by atoms with Gasteiger partial charge >= 0.3 is 5.97 Å². The molecular weight excluding hydrogens is 252 g/mol. The van der Waals surface area contributed by atoms with Crippen LogP contribution in [0.1, 0.15) is 37.8 Å². The minimum Gasteiger partial charge on any atom is -0.478 e. The van der Waals surface area contributed by atoms with E-state index in [9.17, 15) is 10.1 Å². The highest BCUT2D eigenvalue weighted by molar-refractivity contribution is 5.85. The molecule has 0 aliphatic rings. The molecule has 0 spiro atoms. The van der Waals surface area contributed by atoms with E-state index in [0.717, 1.165) is 43.3 Å². The summed E-state index contributed by atoms with van der Waals surface area (Å²) in [5.74, 6) is -0.995. The number of rotatable bonds is 7. The minimum atomic E-state index is -0.995. The van der Waals surface area contributed by atoms with E-state index in [-0.39, 0.29) is 0 Å². The van der Waals surface area contributed by atoms with Crippen LogP contribution < -0.4 is 4.90 Å². The molecule has 1 aromatic rings. The molecule has 1 aromatic carbocycles. The van der Waals surface area contributed by atoms with Gasteiger partial charge in [-0.25, -0.2) is 4.79 Å². The van der Waals surface area contributed by atoms with Crippen molar-refractivity contribution < 1.29 is 9.90 Å². The zero-order valence-electron chi connectivity index (χ0n) is 12.0. The van der Waals surface area contributed by atoms with Crippen LogP contribution in [0.4, 0.5) is 5.69 Å². The first kappa shape index (κ1) is 15.8. The lowest BCUT2D eigenvalue weighted by molar-refractivity contribution is -0.131. The van der Waals surface area contributed by atoms with E-state index in [1.165, 1.54) is 6.08 Å². The van der Waals surface area contributed by atoms with Crippen LogP contribution in [0, 0.1) is 11.3 Å². The third-order valence-corrected chi connectivity index (χ3v) is 3.06. The molecule has 0 aliphatic heterocycles. The monoisotopic (exact) mass is 272 g/mol. The van der Waals surface area contributed by atoms with Crippen LogP contribution in [0.25, 0.3) is 6.08 Å². The van der Waals surface area contributed by atoms with Gasteiger partial charge in [-0.3, -0.25) is 0 Å². The fraction of sp³-hybridized carbons (Fsp3) is 0.375. The van der Waals surface area contributed by atoms with Crippen molar-refractivity contribution in [2.24, 2.45) is 0 Å². The second kappa shape index (κ2) is 8.00. The van der Waals surface area contributed by atoms with Crippen molar-refractivity contribution in [2.75, 3.05) is 18.0 Å². The molecule has 0 fully saturated rings. The van der Waals surface area contributed by atoms with Gasteiger partial charge in [0.15, 0.2) is 0 Å². The summed E-state index contributed by atoms with van der Waals surface area (Å²) >= 11 is 0. The van der Waals surface area contributed by atoms with Gasteiger partial charge in [-0.2, -0.15) is 5.26 Å². The first-order chi connectivity index (χ1) is 9.62. The number of anilines is 1. The largest absolute Gasteiger partial charge is 0.478 e. The zero-order chi connectivity index (χ0) is 15.0. The SMILES string of the molecule is CCCCN(CC)c1ccc(/C=C/C(=O)O)cc1C#N. The molecule has 4 heteroatoms. The van der Waals surface area contributed by atoms with Crippen LogP contribution in [0.15, 0.2) is 24.3 Å². The number of carbonyl (C=O) groups is 1. The van der Waals surface area contributed by atoms with Crippen LogP contribution in [0.3, 0.4) is 0 Å². The Morgan fingerprint density at radius 2 is 2.20 bits per heavy atom. The normalized spacial score (nSPS) is 10.4. The fourth-order valence-electron chi connectivity index (χ4n) is 1.99. The molecule has 4 nitrogen and oxygen atoms in total. The molecule has 0 aromatic heterocycles.